The second-order valence-corrected chi connectivity index (χ2v) is 7.12. The molecule has 2 N–H and O–H groups in total. The molecule has 2 atom stereocenters. The number of hydrogen-bond donors (Lipinski definition) is 1. The lowest BCUT2D eigenvalue weighted by atomic mass is 10.0. The van der Waals surface area contributed by atoms with Gasteiger partial charge in [0.25, 0.3) is 0 Å². The zero-order chi connectivity index (χ0) is 16.9. The smallest absolute Gasteiger partial charge is 0.410 e. The second kappa shape index (κ2) is 7.81. The van der Waals surface area contributed by atoms with Crippen molar-refractivity contribution in [3.05, 3.63) is 0 Å². The highest BCUT2D eigenvalue weighted by molar-refractivity contribution is 5.77. The Balaban J connectivity index is 2.64. The fraction of sp³-hybridized carbons (Fsp3) is 0.875. The highest BCUT2D eigenvalue weighted by atomic mass is 16.6. The van der Waals surface area contributed by atoms with Crippen LogP contribution in [0.15, 0.2) is 0 Å². The van der Waals surface area contributed by atoms with E-state index in [4.69, 9.17) is 10.5 Å². The molecule has 2 amide bonds. The maximum Gasteiger partial charge on any atom is 0.410 e. The number of nitrogens with zero attached hydrogens (tertiary/aromatic N) is 2. The standard InChI is InChI=1S/C16H31N3O3/c1-6-12(2)9-14(20)19-8-7-18(11-13(19)10-17)15(21)22-16(3,4)5/h12-13H,6-11,17H2,1-5H3. The molecule has 1 aliphatic rings. The average molecular weight is 313 g/mol. The third-order valence-corrected chi connectivity index (χ3v) is 3.95. The van der Waals surface area contributed by atoms with Crippen LogP contribution in [0.4, 0.5) is 4.79 Å². The lowest BCUT2D eigenvalue weighted by molar-refractivity contribution is -0.136. The highest BCUT2D eigenvalue weighted by Crippen LogP contribution is 2.17. The van der Waals surface area contributed by atoms with Gasteiger partial charge in [-0.15, -0.1) is 0 Å². The fourth-order valence-electron chi connectivity index (χ4n) is 2.44. The van der Waals surface area contributed by atoms with Gasteiger partial charge >= 0.3 is 6.09 Å². The van der Waals surface area contributed by atoms with Gasteiger partial charge in [0.15, 0.2) is 0 Å². The van der Waals surface area contributed by atoms with Crippen LogP contribution >= 0.6 is 0 Å². The van der Waals surface area contributed by atoms with Crippen LogP contribution < -0.4 is 5.73 Å². The molecule has 0 aromatic carbocycles. The van der Waals surface area contributed by atoms with Crippen molar-refractivity contribution in [2.75, 3.05) is 26.2 Å². The predicted octanol–water partition coefficient (Wildman–Crippen LogP) is 1.83. The van der Waals surface area contributed by atoms with Gasteiger partial charge in [-0.3, -0.25) is 4.79 Å². The van der Waals surface area contributed by atoms with Crippen LogP contribution in [0.5, 0.6) is 0 Å². The fourth-order valence-corrected chi connectivity index (χ4v) is 2.44. The van der Waals surface area contributed by atoms with E-state index in [9.17, 15) is 9.59 Å². The molecule has 0 radical (unpaired) electrons. The zero-order valence-corrected chi connectivity index (χ0v) is 14.6. The minimum Gasteiger partial charge on any atom is -0.444 e. The van der Waals surface area contributed by atoms with E-state index < -0.39 is 5.60 Å². The summed E-state index contributed by atoms with van der Waals surface area (Å²) in [7, 11) is 0. The monoisotopic (exact) mass is 313 g/mol. The number of rotatable bonds is 4. The first-order chi connectivity index (χ1) is 10.2. The van der Waals surface area contributed by atoms with Crippen LogP contribution in [0.25, 0.3) is 0 Å². The Hall–Kier alpha value is -1.30. The Kier molecular flexibility index (Phi) is 6.66. The van der Waals surface area contributed by atoms with Gasteiger partial charge < -0.3 is 20.3 Å². The van der Waals surface area contributed by atoms with Crippen molar-refractivity contribution >= 4 is 12.0 Å². The SMILES string of the molecule is CCC(C)CC(=O)N1CCN(C(=O)OC(C)(C)C)CC1CN. The minimum atomic E-state index is -0.515. The number of ether oxygens (including phenoxy) is 1. The van der Waals surface area contributed by atoms with Crippen molar-refractivity contribution in [3.63, 3.8) is 0 Å². The number of hydrogen-bond acceptors (Lipinski definition) is 4. The highest BCUT2D eigenvalue weighted by Gasteiger charge is 2.33. The van der Waals surface area contributed by atoms with Gasteiger partial charge in [-0.25, -0.2) is 4.79 Å². The molecule has 2 unspecified atom stereocenters. The largest absolute Gasteiger partial charge is 0.444 e. The molecule has 0 saturated carbocycles. The molecule has 0 aromatic rings. The maximum atomic E-state index is 12.4. The van der Waals surface area contributed by atoms with Crippen LogP contribution in [0, 0.1) is 5.92 Å². The first-order valence-corrected chi connectivity index (χ1v) is 8.15. The molecule has 0 aromatic heterocycles. The van der Waals surface area contributed by atoms with E-state index in [2.05, 4.69) is 13.8 Å². The molecular formula is C16H31N3O3. The van der Waals surface area contributed by atoms with Crippen molar-refractivity contribution in [2.24, 2.45) is 11.7 Å². The van der Waals surface area contributed by atoms with Gasteiger partial charge in [0.2, 0.25) is 5.91 Å². The number of carbonyl (C=O) groups excluding carboxylic acids is 2. The summed E-state index contributed by atoms with van der Waals surface area (Å²) in [5, 5.41) is 0. The molecule has 6 heteroatoms. The maximum absolute atomic E-state index is 12.4. The summed E-state index contributed by atoms with van der Waals surface area (Å²) in [5.74, 6) is 0.503. The second-order valence-electron chi connectivity index (χ2n) is 7.12. The van der Waals surface area contributed by atoms with Gasteiger partial charge in [0, 0.05) is 32.6 Å². The van der Waals surface area contributed by atoms with Gasteiger partial charge in [0.1, 0.15) is 5.60 Å². The molecule has 1 saturated heterocycles. The first kappa shape index (κ1) is 18.7. The third kappa shape index (κ3) is 5.48. The lowest BCUT2D eigenvalue weighted by Gasteiger charge is -2.41. The van der Waals surface area contributed by atoms with E-state index in [0.29, 0.717) is 38.5 Å². The number of amides is 2. The van der Waals surface area contributed by atoms with Crippen molar-refractivity contribution in [3.8, 4) is 0 Å². The summed E-state index contributed by atoms with van der Waals surface area (Å²) < 4.78 is 5.39. The zero-order valence-electron chi connectivity index (χ0n) is 14.6. The van der Waals surface area contributed by atoms with E-state index in [1.807, 2.05) is 25.7 Å². The van der Waals surface area contributed by atoms with Crippen molar-refractivity contribution in [1.82, 2.24) is 9.80 Å². The topological polar surface area (TPSA) is 75.9 Å². The Labute approximate surface area is 134 Å². The lowest BCUT2D eigenvalue weighted by Crippen LogP contribution is -2.59. The Bertz CT molecular complexity index is 393. The summed E-state index contributed by atoms with van der Waals surface area (Å²) in [6.45, 7) is 11.5. The minimum absolute atomic E-state index is 0.127. The van der Waals surface area contributed by atoms with Gasteiger partial charge in [-0.2, -0.15) is 0 Å². The summed E-state index contributed by atoms with van der Waals surface area (Å²) in [5.41, 5.74) is 5.30. The number of nitrogens with two attached hydrogens (primary N) is 1. The van der Waals surface area contributed by atoms with Crippen LogP contribution in [-0.4, -0.2) is 59.6 Å². The van der Waals surface area contributed by atoms with Gasteiger partial charge in [-0.1, -0.05) is 20.3 Å². The molecule has 128 valence electrons. The normalized spacial score (nSPS) is 20.7. The van der Waals surface area contributed by atoms with E-state index >= 15 is 0 Å². The van der Waals surface area contributed by atoms with Crippen LogP contribution in [0.3, 0.4) is 0 Å². The molecule has 1 heterocycles. The molecule has 22 heavy (non-hydrogen) atoms. The Morgan fingerprint density at radius 3 is 2.45 bits per heavy atom. The molecule has 0 bridgehead atoms. The molecule has 1 rings (SSSR count). The van der Waals surface area contributed by atoms with Crippen molar-refractivity contribution in [2.45, 2.75) is 59.1 Å². The van der Waals surface area contributed by atoms with E-state index in [0.717, 1.165) is 6.42 Å². The number of piperazine rings is 1. The summed E-state index contributed by atoms with van der Waals surface area (Å²) in [6.07, 6.45) is 1.19. The molecular weight excluding hydrogens is 282 g/mol. The van der Waals surface area contributed by atoms with Crippen LogP contribution in [0.1, 0.15) is 47.5 Å². The predicted molar refractivity (Wildman–Crippen MR) is 86.4 cm³/mol. The molecule has 0 aliphatic carbocycles. The summed E-state index contributed by atoms with van der Waals surface area (Å²) in [4.78, 5) is 28.0. The van der Waals surface area contributed by atoms with E-state index in [1.165, 1.54) is 0 Å². The van der Waals surface area contributed by atoms with E-state index in [-0.39, 0.29) is 18.0 Å². The molecule has 6 nitrogen and oxygen atoms in total. The summed E-state index contributed by atoms with van der Waals surface area (Å²) in [6, 6.07) is -0.127. The van der Waals surface area contributed by atoms with Crippen molar-refractivity contribution < 1.29 is 14.3 Å². The molecule has 1 aliphatic heterocycles. The summed E-state index contributed by atoms with van der Waals surface area (Å²) >= 11 is 0. The van der Waals surface area contributed by atoms with Crippen LogP contribution in [-0.2, 0) is 9.53 Å². The van der Waals surface area contributed by atoms with Gasteiger partial charge in [-0.05, 0) is 26.7 Å². The van der Waals surface area contributed by atoms with Crippen molar-refractivity contribution in [1.29, 1.82) is 0 Å². The van der Waals surface area contributed by atoms with Gasteiger partial charge in [0.05, 0.1) is 6.04 Å². The molecule has 1 fully saturated rings. The third-order valence-electron chi connectivity index (χ3n) is 3.95. The first-order valence-electron chi connectivity index (χ1n) is 8.15. The Morgan fingerprint density at radius 2 is 1.95 bits per heavy atom. The number of carbonyl (C=O) groups is 2. The van der Waals surface area contributed by atoms with E-state index in [1.54, 1.807) is 4.90 Å². The Morgan fingerprint density at radius 1 is 1.32 bits per heavy atom. The van der Waals surface area contributed by atoms with Crippen LogP contribution in [0.2, 0.25) is 0 Å². The quantitative estimate of drug-likeness (QED) is 0.859. The molecule has 0 spiro atoms. The average Bonchev–Trinajstić information content (AvgIpc) is 2.44.